The van der Waals surface area contributed by atoms with E-state index in [1.807, 2.05) is 0 Å². The summed E-state index contributed by atoms with van der Waals surface area (Å²) in [6.45, 7) is 2.82. The Morgan fingerprint density at radius 1 is 1.17 bits per heavy atom. The average molecular weight is 444 g/mol. The number of halogens is 3. The number of aliphatic hydroxyl groups excluding tert-OH is 1. The summed E-state index contributed by atoms with van der Waals surface area (Å²) in [7, 11) is -4.38. The largest absolute Gasteiger partial charge is 0.416 e. The van der Waals surface area contributed by atoms with E-state index in [0.717, 1.165) is 28.1 Å². The first kappa shape index (κ1) is 23.7. The van der Waals surface area contributed by atoms with E-state index in [4.69, 9.17) is 5.11 Å². The molecule has 2 aromatic carbocycles. The van der Waals surface area contributed by atoms with Gasteiger partial charge in [0.05, 0.1) is 22.8 Å². The van der Waals surface area contributed by atoms with E-state index >= 15 is 0 Å². The number of sulfonamides is 1. The van der Waals surface area contributed by atoms with E-state index in [9.17, 15) is 26.4 Å². The van der Waals surface area contributed by atoms with Gasteiger partial charge in [-0.15, -0.1) is 0 Å². The van der Waals surface area contributed by atoms with Crippen molar-refractivity contribution in [2.75, 3.05) is 17.5 Å². The summed E-state index contributed by atoms with van der Waals surface area (Å²) in [6.07, 6.45) is -4.93. The highest BCUT2D eigenvalue weighted by Crippen LogP contribution is 2.32. The van der Waals surface area contributed by atoms with Gasteiger partial charge < -0.3 is 10.4 Å². The SMILES string of the molecule is Cc1ccc(N(CCC(=O)NC(C)CO)S(=O)(=O)c2cccc(C(F)(F)F)c2)cc1. The van der Waals surface area contributed by atoms with Gasteiger partial charge in [-0.1, -0.05) is 23.8 Å². The summed E-state index contributed by atoms with van der Waals surface area (Å²) in [5.74, 6) is -0.493. The fraction of sp³-hybridized carbons (Fsp3) is 0.350. The fourth-order valence-electron chi connectivity index (χ4n) is 2.65. The molecule has 0 radical (unpaired) electrons. The number of alkyl halides is 3. The van der Waals surface area contributed by atoms with Gasteiger partial charge >= 0.3 is 6.18 Å². The number of carbonyl (C=O) groups is 1. The molecular weight excluding hydrogens is 421 g/mol. The van der Waals surface area contributed by atoms with Gasteiger partial charge in [-0.2, -0.15) is 13.2 Å². The normalized spacial score (nSPS) is 13.0. The second-order valence-corrected chi connectivity index (χ2v) is 8.70. The van der Waals surface area contributed by atoms with E-state index in [-0.39, 0.29) is 25.3 Å². The smallest absolute Gasteiger partial charge is 0.394 e. The molecule has 0 aliphatic rings. The summed E-state index contributed by atoms with van der Waals surface area (Å²) in [5, 5.41) is 11.5. The highest BCUT2D eigenvalue weighted by molar-refractivity contribution is 7.92. The Morgan fingerprint density at radius 3 is 2.37 bits per heavy atom. The monoisotopic (exact) mass is 444 g/mol. The third-order valence-electron chi connectivity index (χ3n) is 4.29. The molecule has 0 aromatic heterocycles. The van der Waals surface area contributed by atoms with Crippen molar-refractivity contribution in [2.24, 2.45) is 0 Å². The molecule has 2 aromatic rings. The lowest BCUT2D eigenvalue weighted by molar-refractivity contribution is -0.137. The zero-order chi connectivity index (χ0) is 22.5. The Morgan fingerprint density at radius 2 is 1.80 bits per heavy atom. The quantitative estimate of drug-likeness (QED) is 0.655. The van der Waals surface area contributed by atoms with Crippen molar-refractivity contribution in [1.29, 1.82) is 0 Å². The maximum Gasteiger partial charge on any atom is 0.416 e. The average Bonchev–Trinajstić information content (AvgIpc) is 2.68. The molecule has 6 nitrogen and oxygen atoms in total. The van der Waals surface area contributed by atoms with E-state index in [2.05, 4.69) is 5.32 Å². The van der Waals surface area contributed by atoms with Crippen LogP contribution >= 0.6 is 0 Å². The minimum absolute atomic E-state index is 0.223. The van der Waals surface area contributed by atoms with Crippen LogP contribution < -0.4 is 9.62 Å². The number of aliphatic hydroxyl groups is 1. The van der Waals surface area contributed by atoms with E-state index in [1.165, 1.54) is 12.1 Å². The lowest BCUT2D eigenvalue weighted by Crippen LogP contribution is -2.39. The first-order valence-corrected chi connectivity index (χ1v) is 10.6. The molecule has 0 aliphatic heterocycles. The van der Waals surface area contributed by atoms with E-state index in [0.29, 0.717) is 6.07 Å². The van der Waals surface area contributed by atoms with Crippen molar-refractivity contribution in [3.8, 4) is 0 Å². The molecule has 0 saturated carbocycles. The maximum absolute atomic E-state index is 13.2. The molecule has 164 valence electrons. The standard InChI is InChI=1S/C20H23F3N2O4S/c1-14-6-8-17(9-7-14)25(11-10-19(27)24-15(2)13-26)30(28,29)18-5-3-4-16(12-18)20(21,22)23/h3-9,12,15,26H,10-11,13H2,1-2H3,(H,24,27). The topological polar surface area (TPSA) is 86.7 Å². The highest BCUT2D eigenvalue weighted by Gasteiger charge is 2.33. The van der Waals surface area contributed by atoms with Crippen LogP contribution in [0.3, 0.4) is 0 Å². The zero-order valence-corrected chi connectivity index (χ0v) is 17.3. The maximum atomic E-state index is 13.2. The van der Waals surface area contributed by atoms with Crippen molar-refractivity contribution in [1.82, 2.24) is 5.32 Å². The number of hydrogen-bond acceptors (Lipinski definition) is 4. The van der Waals surface area contributed by atoms with E-state index < -0.39 is 38.6 Å². The van der Waals surface area contributed by atoms with Crippen molar-refractivity contribution in [3.05, 3.63) is 59.7 Å². The lowest BCUT2D eigenvalue weighted by atomic mass is 10.2. The van der Waals surface area contributed by atoms with Crippen LogP contribution in [0.5, 0.6) is 0 Å². The molecule has 1 amide bonds. The molecule has 0 spiro atoms. The second kappa shape index (κ2) is 9.48. The Balaban J connectivity index is 2.40. The molecule has 0 fully saturated rings. The van der Waals surface area contributed by atoms with Crippen molar-refractivity contribution < 1.29 is 31.5 Å². The third-order valence-corrected chi connectivity index (χ3v) is 6.12. The number of nitrogens with zero attached hydrogens (tertiary/aromatic N) is 1. The first-order valence-electron chi connectivity index (χ1n) is 9.12. The number of carbonyl (C=O) groups excluding carboxylic acids is 1. The molecule has 30 heavy (non-hydrogen) atoms. The van der Waals surface area contributed by atoms with Gasteiger partial charge in [0.1, 0.15) is 0 Å². The summed E-state index contributed by atoms with van der Waals surface area (Å²) in [4.78, 5) is 11.5. The molecule has 0 aliphatic carbocycles. The van der Waals surface area contributed by atoms with Gasteiger partial charge in [-0.25, -0.2) is 8.42 Å². The van der Waals surface area contributed by atoms with Crippen molar-refractivity contribution >= 4 is 21.6 Å². The minimum atomic E-state index is -4.69. The number of hydrogen-bond donors (Lipinski definition) is 2. The van der Waals surface area contributed by atoms with Crippen LogP contribution in [-0.4, -0.2) is 38.6 Å². The summed E-state index contributed by atoms with van der Waals surface area (Å²) in [5.41, 5.74) is 0.00708. The Hall–Kier alpha value is -2.59. The zero-order valence-electron chi connectivity index (χ0n) is 16.5. The first-order chi connectivity index (χ1) is 13.9. The van der Waals surface area contributed by atoms with Crippen molar-refractivity contribution in [3.63, 3.8) is 0 Å². The van der Waals surface area contributed by atoms with Crippen LogP contribution in [0.15, 0.2) is 53.4 Å². The lowest BCUT2D eigenvalue weighted by Gasteiger charge is -2.25. The summed E-state index contributed by atoms with van der Waals surface area (Å²) in [6, 6.07) is 9.34. The molecule has 10 heteroatoms. The predicted octanol–water partition coefficient (Wildman–Crippen LogP) is 3.10. The third kappa shape index (κ3) is 5.96. The number of nitrogens with one attached hydrogen (secondary N) is 1. The molecule has 1 unspecified atom stereocenters. The summed E-state index contributed by atoms with van der Waals surface area (Å²) < 4.78 is 66.4. The van der Waals surface area contributed by atoms with Gasteiger partial charge in [-0.3, -0.25) is 9.10 Å². The Kier molecular flexibility index (Phi) is 7.49. The number of amides is 1. The van der Waals surface area contributed by atoms with Crippen LogP contribution in [0.1, 0.15) is 24.5 Å². The molecular formula is C20H23F3N2O4S. The van der Waals surface area contributed by atoms with Crippen LogP contribution in [0.25, 0.3) is 0 Å². The van der Waals surface area contributed by atoms with Crippen LogP contribution in [0.2, 0.25) is 0 Å². The van der Waals surface area contributed by atoms with Crippen LogP contribution in [0, 0.1) is 6.92 Å². The Labute approximate surface area is 173 Å². The molecule has 0 bridgehead atoms. The molecule has 0 saturated heterocycles. The molecule has 2 N–H and O–H groups in total. The number of aryl methyl sites for hydroxylation is 1. The van der Waals surface area contributed by atoms with Gasteiger partial charge in [0.25, 0.3) is 10.0 Å². The van der Waals surface area contributed by atoms with Crippen LogP contribution in [0.4, 0.5) is 18.9 Å². The van der Waals surface area contributed by atoms with Crippen molar-refractivity contribution in [2.45, 2.75) is 37.4 Å². The van der Waals surface area contributed by atoms with Crippen LogP contribution in [-0.2, 0) is 21.0 Å². The number of rotatable bonds is 8. The van der Waals surface area contributed by atoms with Gasteiger partial charge in [0.15, 0.2) is 0 Å². The van der Waals surface area contributed by atoms with Gasteiger partial charge in [0.2, 0.25) is 5.91 Å². The van der Waals surface area contributed by atoms with Gasteiger partial charge in [-0.05, 0) is 44.2 Å². The second-order valence-electron chi connectivity index (χ2n) is 6.84. The minimum Gasteiger partial charge on any atom is -0.394 e. The predicted molar refractivity (Wildman–Crippen MR) is 106 cm³/mol. The van der Waals surface area contributed by atoms with E-state index in [1.54, 1.807) is 26.0 Å². The molecule has 0 heterocycles. The summed E-state index contributed by atoms with van der Waals surface area (Å²) >= 11 is 0. The highest BCUT2D eigenvalue weighted by atomic mass is 32.2. The Bertz CT molecular complexity index is 976. The van der Waals surface area contributed by atoms with Gasteiger partial charge in [0, 0.05) is 19.0 Å². The molecule has 1 atom stereocenters. The number of benzene rings is 2. The number of anilines is 1. The molecule has 2 rings (SSSR count). The fourth-order valence-corrected chi connectivity index (χ4v) is 4.17.